The van der Waals surface area contributed by atoms with Crippen LogP contribution in [0.5, 0.6) is 0 Å². The Kier molecular flexibility index (Phi) is 5.90. The molecule has 32 heavy (non-hydrogen) atoms. The van der Waals surface area contributed by atoms with Crippen molar-refractivity contribution in [2.45, 2.75) is 56.4 Å². The third-order valence-electron chi connectivity index (χ3n) is 7.11. The molecule has 1 saturated carbocycles. The molecule has 8 heteroatoms. The first kappa shape index (κ1) is 21.4. The lowest BCUT2D eigenvalue weighted by atomic mass is 9.96. The van der Waals surface area contributed by atoms with E-state index >= 15 is 0 Å². The zero-order chi connectivity index (χ0) is 22.1. The predicted octanol–water partition coefficient (Wildman–Crippen LogP) is 1.55. The van der Waals surface area contributed by atoms with Gasteiger partial charge in [-0.15, -0.1) is 0 Å². The van der Waals surface area contributed by atoms with Crippen molar-refractivity contribution < 1.29 is 23.9 Å². The number of hydrogen-bond donors (Lipinski definition) is 1. The fourth-order valence-electron chi connectivity index (χ4n) is 5.09. The van der Waals surface area contributed by atoms with Crippen molar-refractivity contribution in [2.75, 3.05) is 32.8 Å². The first-order valence-electron chi connectivity index (χ1n) is 11.8. The number of benzene rings is 1. The van der Waals surface area contributed by atoms with Gasteiger partial charge in [0.25, 0.3) is 5.91 Å². The Balaban J connectivity index is 1.33. The minimum Gasteiger partial charge on any atom is -0.376 e. The molecule has 3 saturated heterocycles. The van der Waals surface area contributed by atoms with Crippen LogP contribution in [0.25, 0.3) is 0 Å². The van der Waals surface area contributed by atoms with E-state index in [1.165, 1.54) is 0 Å². The predicted molar refractivity (Wildman–Crippen MR) is 116 cm³/mol. The molecule has 3 amide bonds. The summed E-state index contributed by atoms with van der Waals surface area (Å²) in [6.45, 7) is 2.41. The summed E-state index contributed by atoms with van der Waals surface area (Å²) in [5, 5.41) is 2.97. The highest BCUT2D eigenvalue weighted by atomic mass is 16.5. The van der Waals surface area contributed by atoms with Gasteiger partial charge < -0.3 is 19.7 Å². The number of nitrogens with one attached hydrogen (secondary N) is 1. The van der Waals surface area contributed by atoms with Crippen molar-refractivity contribution in [3.05, 3.63) is 35.9 Å². The van der Waals surface area contributed by atoms with E-state index in [0.717, 1.165) is 32.3 Å². The number of rotatable bonds is 5. The average Bonchev–Trinajstić information content (AvgIpc) is 3.43. The molecular formula is C24H31N3O5. The van der Waals surface area contributed by atoms with E-state index in [9.17, 15) is 14.4 Å². The molecule has 3 aliphatic heterocycles. The molecule has 3 heterocycles. The summed E-state index contributed by atoms with van der Waals surface area (Å²) in [6.07, 6.45) is 4.95. The smallest absolute Gasteiger partial charge is 0.256 e. The lowest BCUT2D eigenvalue weighted by molar-refractivity contribution is -0.144. The molecular weight excluding hydrogens is 410 g/mol. The van der Waals surface area contributed by atoms with Gasteiger partial charge in [-0.05, 0) is 37.8 Å². The molecule has 2 atom stereocenters. The molecule has 1 aromatic carbocycles. The second-order valence-corrected chi connectivity index (χ2v) is 9.29. The minimum atomic E-state index is -0.862. The fourth-order valence-corrected chi connectivity index (χ4v) is 5.09. The summed E-state index contributed by atoms with van der Waals surface area (Å²) in [4.78, 5) is 42.8. The summed E-state index contributed by atoms with van der Waals surface area (Å²) in [5.41, 5.74) is -0.329. The third kappa shape index (κ3) is 4.13. The molecule has 0 radical (unpaired) electrons. The summed E-state index contributed by atoms with van der Waals surface area (Å²) >= 11 is 0. The monoisotopic (exact) mass is 441 g/mol. The van der Waals surface area contributed by atoms with Crippen LogP contribution >= 0.6 is 0 Å². The maximum absolute atomic E-state index is 13.6. The van der Waals surface area contributed by atoms with Gasteiger partial charge in [-0.1, -0.05) is 18.2 Å². The zero-order valence-electron chi connectivity index (χ0n) is 18.3. The average molecular weight is 442 g/mol. The summed E-state index contributed by atoms with van der Waals surface area (Å²) in [7, 11) is 0. The van der Waals surface area contributed by atoms with Gasteiger partial charge in [0.1, 0.15) is 11.8 Å². The largest absolute Gasteiger partial charge is 0.376 e. The Morgan fingerprint density at radius 3 is 2.47 bits per heavy atom. The molecule has 4 fully saturated rings. The molecule has 1 spiro atoms. The fraction of sp³-hybridized carbons (Fsp3) is 0.625. The standard InChI is InChI=1S/C24H31N3O5/c28-21(25-15-19-7-4-14-31-19)20-16-32-24(27(20)23(30)17-5-2-1-3-6-17)10-12-26(13-11-24)22(29)18-8-9-18/h1-3,5-6,18-20H,4,7-16H2,(H,25,28)/t19-,20-/m1/s1. The van der Waals surface area contributed by atoms with Crippen LogP contribution in [0.15, 0.2) is 30.3 Å². The second kappa shape index (κ2) is 8.83. The maximum atomic E-state index is 13.6. The van der Waals surface area contributed by atoms with Crippen LogP contribution < -0.4 is 5.32 Å². The van der Waals surface area contributed by atoms with E-state index in [1.807, 2.05) is 23.1 Å². The van der Waals surface area contributed by atoms with E-state index in [0.29, 0.717) is 38.0 Å². The number of hydrogen-bond acceptors (Lipinski definition) is 5. The summed E-state index contributed by atoms with van der Waals surface area (Å²) < 4.78 is 11.8. The molecule has 1 aliphatic carbocycles. The van der Waals surface area contributed by atoms with E-state index in [1.54, 1.807) is 17.0 Å². The second-order valence-electron chi connectivity index (χ2n) is 9.29. The summed E-state index contributed by atoms with van der Waals surface area (Å²) in [5.74, 6) is -0.0305. The quantitative estimate of drug-likeness (QED) is 0.749. The molecule has 172 valence electrons. The number of likely N-dealkylation sites (tertiary alicyclic amines) is 1. The molecule has 0 unspecified atom stereocenters. The first-order valence-corrected chi connectivity index (χ1v) is 11.8. The van der Waals surface area contributed by atoms with Crippen LogP contribution in [-0.2, 0) is 19.1 Å². The van der Waals surface area contributed by atoms with Crippen molar-refractivity contribution in [3.8, 4) is 0 Å². The van der Waals surface area contributed by atoms with Crippen LogP contribution in [0.4, 0.5) is 0 Å². The lowest BCUT2D eigenvalue weighted by Gasteiger charge is -2.44. The van der Waals surface area contributed by atoms with Crippen LogP contribution in [0, 0.1) is 5.92 Å². The number of nitrogens with zero attached hydrogens (tertiary/aromatic N) is 2. The SMILES string of the molecule is O=C(NC[C@H]1CCCO1)[C@H]1COC2(CCN(C(=O)C3CC3)CC2)N1C(=O)c1ccccc1. The van der Waals surface area contributed by atoms with Gasteiger partial charge in [-0.25, -0.2) is 0 Å². The van der Waals surface area contributed by atoms with E-state index in [4.69, 9.17) is 9.47 Å². The van der Waals surface area contributed by atoms with E-state index < -0.39 is 11.8 Å². The van der Waals surface area contributed by atoms with Crippen molar-refractivity contribution in [2.24, 2.45) is 5.92 Å². The molecule has 0 aromatic heterocycles. The Hall–Kier alpha value is -2.45. The number of piperidine rings is 1. The Bertz CT molecular complexity index is 858. The van der Waals surface area contributed by atoms with Crippen molar-refractivity contribution >= 4 is 17.7 Å². The van der Waals surface area contributed by atoms with Crippen molar-refractivity contribution in [1.82, 2.24) is 15.1 Å². The molecule has 1 aromatic rings. The number of amides is 3. The van der Waals surface area contributed by atoms with Gasteiger partial charge in [-0.3, -0.25) is 19.3 Å². The molecule has 0 bridgehead atoms. The molecule has 1 N–H and O–H groups in total. The number of carbonyl (C=O) groups is 3. The summed E-state index contributed by atoms with van der Waals surface area (Å²) in [6, 6.07) is 8.33. The molecule has 4 aliphatic rings. The van der Waals surface area contributed by atoms with Gasteiger partial charge in [0.2, 0.25) is 11.8 Å². The number of ether oxygens (including phenoxy) is 2. The Morgan fingerprint density at radius 1 is 1.06 bits per heavy atom. The van der Waals surface area contributed by atoms with Gasteiger partial charge in [0.15, 0.2) is 0 Å². The van der Waals surface area contributed by atoms with Gasteiger partial charge in [-0.2, -0.15) is 0 Å². The maximum Gasteiger partial charge on any atom is 0.256 e. The van der Waals surface area contributed by atoms with Gasteiger partial charge in [0.05, 0.1) is 12.7 Å². The first-order chi connectivity index (χ1) is 15.6. The molecule has 8 nitrogen and oxygen atoms in total. The molecule has 5 rings (SSSR count). The Labute approximate surface area is 188 Å². The van der Waals surface area contributed by atoms with E-state index in [-0.39, 0.29) is 36.4 Å². The Morgan fingerprint density at radius 2 is 1.81 bits per heavy atom. The highest BCUT2D eigenvalue weighted by Crippen LogP contribution is 2.40. The van der Waals surface area contributed by atoms with Crippen LogP contribution in [0.2, 0.25) is 0 Å². The van der Waals surface area contributed by atoms with Crippen molar-refractivity contribution in [1.29, 1.82) is 0 Å². The lowest BCUT2D eigenvalue weighted by Crippen LogP contribution is -2.60. The van der Waals surface area contributed by atoms with Crippen LogP contribution in [-0.4, -0.2) is 78.2 Å². The topological polar surface area (TPSA) is 88.2 Å². The highest BCUT2D eigenvalue weighted by Gasteiger charge is 2.54. The van der Waals surface area contributed by atoms with Crippen LogP contribution in [0.3, 0.4) is 0 Å². The van der Waals surface area contributed by atoms with Gasteiger partial charge in [0, 0.05) is 50.6 Å². The normalized spacial score (nSPS) is 27.0. The number of carbonyl (C=O) groups excluding carboxylic acids is 3. The highest BCUT2D eigenvalue weighted by molar-refractivity contribution is 5.98. The van der Waals surface area contributed by atoms with Crippen molar-refractivity contribution in [3.63, 3.8) is 0 Å². The van der Waals surface area contributed by atoms with Crippen LogP contribution in [0.1, 0.15) is 48.9 Å². The minimum absolute atomic E-state index is 0.0326. The van der Waals surface area contributed by atoms with Gasteiger partial charge >= 0.3 is 0 Å². The third-order valence-corrected chi connectivity index (χ3v) is 7.11. The zero-order valence-corrected chi connectivity index (χ0v) is 18.3. The van der Waals surface area contributed by atoms with E-state index in [2.05, 4.69) is 5.32 Å².